The van der Waals surface area contributed by atoms with E-state index in [-0.39, 0.29) is 25.0 Å². The molecule has 0 spiro atoms. The molecule has 0 aliphatic carbocycles. The van der Waals surface area contributed by atoms with Gasteiger partial charge < -0.3 is 29.9 Å². The van der Waals surface area contributed by atoms with Gasteiger partial charge in [-0.05, 0) is 72.0 Å². The number of carbonyl (C=O) groups excluding carboxylic acids is 2. The summed E-state index contributed by atoms with van der Waals surface area (Å²) in [6, 6.07) is 19.3. The Morgan fingerprint density at radius 1 is 1.04 bits per heavy atom. The number of amides is 2. The summed E-state index contributed by atoms with van der Waals surface area (Å²) >= 11 is 7.28. The molecule has 2 amide bonds. The summed E-state index contributed by atoms with van der Waals surface area (Å²) in [5, 5.41) is 6.67. The molecule has 3 aromatic carbocycles. The maximum absolute atomic E-state index is 14.4. The number of ether oxygens (including phenoxy) is 2. The van der Waals surface area contributed by atoms with Gasteiger partial charge >= 0.3 is 6.18 Å². The van der Waals surface area contributed by atoms with Gasteiger partial charge in [0.25, 0.3) is 5.91 Å². The molecule has 0 aromatic heterocycles. The highest BCUT2D eigenvalue weighted by Crippen LogP contribution is 2.38. The summed E-state index contributed by atoms with van der Waals surface area (Å²) in [6.07, 6.45) is -3.80. The largest absolute Gasteiger partial charge is 0.497 e. The van der Waals surface area contributed by atoms with Gasteiger partial charge in [0, 0.05) is 19.2 Å². The fourth-order valence-corrected chi connectivity index (χ4v) is 7.23. The molecule has 2 aliphatic rings. The van der Waals surface area contributed by atoms with Crippen molar-refractivity contribution in [3.8, 4) is 11.5 Å². The van der Waals surface area contributed by atoms with Crippen molar-refractivity contribution in [2.75, 3.05) is 44.1 Å². The molecule has 244 valence electrons. The topological polar surface area (TPSA) is 83.1 Å². The molecule has 3 aromatic rings. The van der Waals surface area contributed by atoms with Gasteiger partial charge in [0.1, 0.15) is 17.0 Å². The maximum Gasteiger partial charge on any atom is 0.416 e. The van der Waals surface area contributed by atoms with Crippen LogP contribution in [0, 0.1) is 0 Å². The SMILES string of the molecule is COc1ccc(NC(=O)C2(N(Cc3ccc(C(F)(F)F)cc3)C(=O)CN3CC(c4ccccc4)NC3=S)CCSCC2)c(OC)c1. The fourth-order valence-electron chi connectivity index (χ4n) is 5.78. The number of halogens is 3. The predicted octanol–water partition coefficient (Wildman–Crippen LogP) is 5.89. The number of thioether (sulfide) groups is 1. The van der Waals surface area contributed by atoms with Gasteiger partial charge in [-0.2, -0.15) is 24.9 Å². The molecule has 0 bridgehead atoms. The second-order valence-electron chi connectivity index (χ2n) is 11.1. The smallest absolute Gasteiger partial charge is 0.416 e. The summed E-state index contributed by atoms with van der Waals surface area (Å²) < 4.78 is 50.8. The van der Waals surface area contributed by atoms with Gasteiger partial charge in [-0.3, -0.25) is 9.59 Å². The van der Waals surface area contributed by atoms with Crippen LogP contribution in [0.5, 0.6) is 11.5 Å². The highest BCUT2D eigenvalue weighted by molar-refractivity contribution is 7.99. The normalized spacial score (nSPS) is 17.6. The molecule has 8 nitrogen and oxygen atoms in total. The minimum absolute atomic E-state index is 0.0645. The van der Waals surface area contributed by atoms with Gasteiger partial charge in [-0.25, -0.2) is 0 Å². The molecule has 2 fully saturated rings. The average molecular weight is 673 g/mol. The number of thiocarbonyl (C=S) groups is 1. The van der Waals surface area contributed by atoms with Crippen molar-refractivity contribution >= 4 is 46.6 Å². The molecular formula is C33H35F3N4O4S2. The molecule has 2 aliphatic heterocycles. The van der Waals surface area contributed by atoms with Crippen molar-refractivity contribution < 1.29 is 32.2 Å². The number of nitrogens with one attached hydrogen (secondary N) is 2. The zero-order valence-electron chi connectivity index (χ0n) is 25.4. The predicted molar refractivity (Wildman–Crippen MR) is 176 cm³/mol. The molecule has 1 unspecified atom stereocenters. The van der Waals surface area contributed by atoms with Crippen LogP contribution in [0.3, 0.4) is 0 Å². The third-order valence-corrected chi connectivity index (χ3v) is 9.72. The van der Waals surface area contributed by atoms with Crippen LogP contribution in [0.2, 0.25) is 0 Å². The number of anilines is 1. The zero-order valence-corrected chi connectivity index (χ0v) is 27.1. The van der Waals surface area contributed by atoms with Crippen LogP contribution < -0.4 is 20.1 Å². The number of benzene rings is 3. The lowest BCUT2D eigenvalue weighted by Gasteiger charge is -2.45. The lowest BCUT2D eigenvalue weighted by molar-refractivity contribution is -0.147. The van der Waals surface area contributed by atoms with E-state index < -0.39 is 23.2 Å². The molecule has 2 saturated heterocycles. The van der Waals surface area contributed by atoms with Gasteiger partial charge in [0.05, 0.1) is 38.1 Å². The zero-order chi connectivity index (χ0) is 32.9. The van der Waals surface area contributed by atoms with Crippen molar-refractivity contribution in [3.05, 3.63) is 89.5 Å². The van der Waals surface area contributed by atoms with Crippen LogP contribution in [-0.4, -0.2) is 71.1 Å². The van der Waals surface area contributed by atoms with E-state index in [0.717, 1.165) is 17.7 Å². The molecule has 0 radical (unpaired) electrons. The Morgan fingerprint density at radius 3 is 2.37 bits per heavy atom. The summed E-state index contributed by atoms with van der Waals surface area (Å²) in [7, 11) is 3.00. The van der Waals surface area contributed by atoms with Crippen LogP contribution in [0.15, 0.2) is 72.8 Å². The minimum atomic E-state index is -4.50. The van der Waals surface area contributed by atoms with E-state index in [1.165, 1.54) is 31.3 Å². The van der Waals surface area contributed by atoms with E-state index in [0.29, 0.717) is 58.8 Å². The fraction of sp³-hybridized carbons (Fsp3) is 0.364. The van der Waals surface area contributed by atoms with Gasteiger partial charge in [-0.15, -0.1) is 0 Å². The highest BCUT2D eigenvalue weighted by Gasteiger charge is 2.48. The third kappa shape index (κ3) is 7.36. The van der Waals surface area contributed by atoms with Crippen molar-refractivity contribution in [1.82, 2.24) is 15.1 Å². The second-order valence-corrected chi connectivity index (χ2v) is 12.7. The Balaban J connectivity index is 1.47. The minimum Gasteiger partial charge on any atom is -0.497 e. The molecule has 2 heterocycles. The molecule has 2 N–H and O–H groups in total. The highest BCUT2D eigenvalue weighted by atomic mass is 32.2. The molecule has 0 saturated carbocycles. The Kier molecular flexibility index (Phi) is 10.3. The van der Waals surface area contributed by atoms with Crippen LogP contribution in [0.25, 0.3) is 0 Å². The summed E-state index contributed by atoms with van der Waals surface area (Å²) in [4.78, 5) is 32.0. The lowest BCUT2D eigenvalue weighted by Crippen LogP contribution is -2.61. The number of nitrogens with zero attached hydrogens (tertiary/aromatic N) is 2. The Labute approximate surface area is 275 Å². The number of methoxy groups -OCH3 is 2. The summed E-state index contributed by atoms with van der Waals surface area (Å²) in [5.74, 6) is 1.39. The Hall–Kier alpha value is -3.97. The second kappa shape index (κ2) is 14.2. The summed E-state index contributed by atoms with van der Waals surface area (Å²) in [6.45, 7) is 0.273. The van der Waals surface area contributed by atoms with E-state index in [1.54, 1.807) is 34.9 Å². The van der Waals surface area contributed by atoms with Crippen LogP contribution in [0.4, 0.5) is 18.9 Å². The van der Waals surface area contributed by atoms with Crippen molar-refractivity contribution in [2.45, 2.75) is 37.1 Å². The number of hydrogen-bond acceptors (Lipinski definition) is 6. The Bertz CT molecular complexity index is 1550. The van der Waals surface area contributed by atoms with Crippen LogP contribution in [-0.2, 0) is 22.3 Å². The van der Waals surface area contributed by atoms with Gasteiger partial charge in [-0.1, -0.05) is 42.5 Å². The lowest BCUT2D eigenvalue weighted by atomic mass is 9.87. The van der Waals surface area contributed by atoms with E-state index in [1.807, 2.05) is 30.3 Å². The van der Waals surface area contributed by atoms with Crippen molar-refractivity contribution in [1.29, 1.82) is 0 Å². The molecular weight excluding hydrogens is 638 g/mol. The van der Waals surface area contributed by atoms with E-state index in [9.17, 15) is 22.8 Å². The van der Waals surface area contributed by atoms with E-state index >= 15 is 0 Å². The first-order chi connectivity index (χ1) is 22.0. The molecule has 5 rings (SSSR count). The monoisotopic (exact) mass is 672 g/mol. The van der Waals surface area contributed by atoms with Crippen LogP contribution in [0.1, 0.15) is 35.6 Å². The Morgan fingerprint density at radius 2 is 1.74 bits per heavy atom. The van der Waals surface area contributed by atoms with E-state index in [2.05, 4.69) is 10.6 Å². The number of alkyl halides is 3. The van der Waals surface area contributed by atoms with Crippen molar-refractivity contribution in [2.24, 2.45) is 0 Å². The van der Waals surface area contributed by atoms with E-state index in [4.69, 9.17) is 21.7 Å². The van der Waals surface area contributed by atoms with Gasteiger partial charge in [0.2, 0.25) is 5.91 Å². The first-order valence-electron chi connectivity index (χ1n) is 14.7. The standard InChI is InChI=1S/C33H35F3N4O4S2/c1-43-25-12-13-26(28(18-25)44-2)37-30(42)32(14-16-46-17-15-32)40(19-22-8-10-24(11-9-22)33(34,35)36)29(41)21-39-20-27(38-31(39)45)23-6-4-3-5-7-23/h3-13,18,27H,14-17,19-21H2,1-2H3,(H,37,42)(H,38,45). The molecule has 1 atom stereocenters. The summed E-state index contributed by atoms with van der Waals surface area (Å²) in [5.41, 5.74) is -0.178. The average Bonchev–Trinajstić information content (AvgIpc) is 3.43. The third-order valence-electron chi connectivity index (χ3n) is 8.36. The maximum atomic E-state index is 14.4. The first kappa shape index (κ1) is 33.4. The molecule has 13 heteroatoms. The number of hydrogen-bond donors (Lipinski definition) is 2. The van der Waals surface area contributed by atoms with Crippen molar-refractivity contribution in [3.63, 3.8) is 0 Å². The number of carbonyl (C=O) groups is 2. The number of rotatable bonds is 10. The van der Waals surface area contributed by atoms with Gasteiger partial charge in [0.15, 0.2) is 5.11 Å². The molecule has 46 heavy (non-hydrogen) atoms. The first-order valence-corrected chi connectivity index (χ1v) is 16.3. The van der Waals surface area contributed by atoms with Crippen LogP contribution >= 0.6 is 24.0 Å². The quantitative estimate of drug-likeness (QED) is 0.259.